The Bertz CT molecular complexity index is 722. The summed E-state index contributed by atoms with van der Waals surface area (Å²) in [5.41, 5.74) is 2.17. The van der Waals surface area contributed by atoms with Crippen LogP contribution >= 0.6 is 11.8 Å². The molecule has 2 aromatic carbocycles. The van der Waals surface area contributed by atoms with Gasteiger partial charge < -0.3 is 10.0 Å². The molecule has 0 heterocycles. The number of carboxylic acid groups (broad SMARTS) is 1. The van der Waals surface area contributed by atoms with Crippen LogP contribution in [-0.4, -0.2) is 24.2 Å². The summed E-state index contributed by atoms with van der Waals surface area (Å²) in [6.45, 7) is 8.60. The molecule has 0 radical (unpaired) electrons. The van der Waals surface area contributed by atoms with E-state index in [1.54, 1.807) is 11.8 Å². The first-order chi connectivity index (χ1) is 13.6. The van der Waals surface area contributed by atoms with Crippen LogP contribution in [0.15, 0.2) is 58.3 Å². The van der Waals surface area contributed by atoms with E-state index in [0.717, 1.165) is 23.5 Å². The summed E-state index contributed by atoms with van der Waals surface area (Å²) in [6.07, 6.45) is 5.45. The van der Waals surface area contributed by atoms with Gasteiger partial charge in [0.05, 0.1) is 5.92 Å². The number of aliphatic carboxylic acids is 1. The quantitative estimate of drug-likeness (QED) is 0.425. The van der Waals surface area contributed by atoms with Gasteiger partial charge in [-0.05, 0) is 55.2 Å². The van der Waals surface area contributed by atoms with Crippen molar-refractivity contribution < 1.29 is 9.90 Å². The zero-order chi connectivity index (χ0) is 20.4. The highest BCUT2D eigenvalue weighted by Gasteiger charge is 2.17. The van der Waals surface area contributed by atoms with Gasteiger partial charge in [-0.3, -0.25) is 4.79 Å². The molecule has 0 bridgehead atoms. The van der Waals surface area contributed by atoms with Crippen molar-refractivity contribution in [3.8, 4) is 0 Å². The Morgan fingerprint density at radius 2 is 1.61 bits per heavy atom. The van der Waals surface area contributed by atoms with Crippen molar-refractivity contribution in [1.29, 1.82) is 0 Å². The Balaban J connectivity index is 2.11. The highest BCUT2D eigenvalue weighted by atomic mass is 32.2. The van der Waals surface area contributed by atoms with Gasteiger partial charge in [0, 0.05) is 28.6 Å². The average molecular weight is 400 g/mol. The van der Waals surface area contributed by atoms with Crippen LogP contribution in [0.5, 0.6) is 0 Å². The summed E-state index contributed by atoms with van der Waals surface area (Å²) in [6, 6.07) is 16.7. The van der Waals surface area contributed by atoms with E-state index >= 15 is 0 Å². The molecule has 1 unspecified atom stereocenters. The van der Waals surface area contributed by atoms with Gasteiger partial charge >= 0.3 is 5.97 Å². The van der Waals surface area contributed by atoms with Crippen molar-refractivity contribution in [2.24, 2.45) is 0 Å². The van der Waals surface area contributed by atoms with Gasteiger partial charge in [0.15, 0.2) is 0 Å². The molecule has 0 aliphatic heterocycles. The fourth-order valence-corrected chi connectivity index (χ4v) is 4.14. The first kappa shape index (κ1) is 22.4. The van der Waals surface area contributed by atoms with E-state index in [1.165, 1.54) is 36.3 Å². The number of unbranched alkanes of at least 4 members (excludes halogenated alkanes) is 2. The molecule has 0 aliphatic rings. The molecule has 3 nitrogen and oxygen atoms in total. The Kier molecular flexibility index (Phi) is 9.42. The number of carboxylic acids is 1. The highest BCUT2D eigenvalue weighted by Crippen LogP contribution is 2.32. The molecule has 1 atom stereocenters. The lowest BCUT2D eigenvalue weighted by molar-refractivity contribution is -0.138. The number of hydrogen-bond donors (Lipinski definition) is 1. The maximum Gasteiger partial charge on any atom is 0.310 e. The minimum Gasteiger partial charge on any atom is -0.481 e. The van der Waals surface area contributed by atoms with Crippen molar-refractivity contribution in [2.75, 3.05) is 18.0 Å². The average Bonchev–Trinajstić information content (AvgIpc) is 2.70. The van der Waals surface area contributed by atoms with Crippen molar-refractivity contribution >= 4 is 23.4 Å². The van der Waals surface area contributed by atoms with Gasteiger partial charge in [0.2, 0.25) is 0 Å². The lowest BCUT2D eigenvalue weighted by Crippen LogP contribution is -2.25. The zero-order valence-corrected chi connectivity index (χ0v) is 18.2. The number of benzene rings is 2. The molecule has 2 rings (SSSR count). The van der Waals surface area contributed by atoms with Crippen LogP contribution in [0.3, 0.4) is 0 Å². The summed E-state index contributed by atoms with van der Waals surface area (Å²) >= 11 is 1.73. The predicted octanol–water partition coefficient (Wildman–Crippen LogP) is 6.82. The fourth-order valence-electron chi connectivity index (χ4n) is 3.27. The summed E-state index contributed by atoms with van der Waals surface area (Å²) in [7, 11) is 0. The van der Waals surface area contributed by atoms with Crippen LogP contribution in [0.2, 0.25) is 0 Å². The lowest BCUT2D eigenvalue weighted by Gasteiger charge is -2.25. The van der Waals surface area contributed by atoms with Gasteiger partial charge in [0.25, 0.3) is 0 Å². The molecule has 0 amide bonds. The van der Waals surface area contributed by atoms with E-state index in [4.69, 9.17) is 0 Å². The molecule has 4 heteroatoms. The molecule has 0 saturated carbocycles. The molecule has 0 spiro atoms. The molecule has 2 aromatic rings. The zero-order valence-electron chi connectivity index (χ0n) is 17.4. The van der Waals surface area contributed by atoms with Crippen LogP contribution in [0.4, 0.5) is 5.69 Å². The number of anilines is 1. The summed E-state index contributed by atoms with van der Waals surface area (Å²) in [5, 5.41) is 9.33. The second-order valence-electron chi connectivity index (χ2n) is 7.16. The van der Waals surface area contributed by atoms with Crippen molar-refractivity contribution in [1.82, 2.24) is 0 Å². The van der Waals surface area contributed by atoms with E-state index in [9.17, 15) is 9.90 Å². The molecule has 0 aliphatic carbocycles. The highest BCUT2D eigenvalue weighted by molar-refractivity contribution is 7.99. The lowest BCUT2D eigenvalue weighted by atomic mass is 9.97. The van der Waals surface area contributed by atoms with Gasteiger partial charge in [-0.25, -0.2) is 0 Å². The minimum absolute atomic E-state index is 0.423. The number of hydrogen-bond acceptors (Lipinski definition) is 3. The molecule has 0 fully saturated rings. The van der Waals surface area contributed by atoms with E-state index in [-0.39, 0.29) is 0 Å². The standard InChI is InChI=1S/C24H33NO2S/c1-4-7-16-25(17-8-5-2)20-10-9-11-22(18-20)28-21-14-12-19(13-15-21)23(6-3)24(26)27/h9-15,18,23H,4-8,16-17H2,1-3H3,(H,26,27). The van der Waals surface area contributed by atoms with E-state index in [2.05, 4.69) is 43.0 Å². The summed E-state index contributed by atoms with van der Waals surface area (Å²) in [4.78, 5) is 16.2. The van der Waals surface area contributed by atoms with Crippen LogP contribution < -0.4 is 4.90 Å². The van der Waals surface area contributed by atoms with E-state index in [1.807, 2.05) is 31.2 Å². The molecule has 28 heavy (non-hydrogen) atoms. The molecular weight excluding hydrogens is 366 g/mol. The van der Waals surface area contributed by atoms with Crippen LogP contribution in [-0.2, 0) is 4.79 Å². The smallest absolute Gasteiger partial charge is 0.310 e. The Morgan fingerprint density at radius 3 is 2.14 bits per heavy atom. The van der Waals surface area contributed by atoms with Crippen molar-refractivity contribution in [2.45, 2.75) is 68.6 Å². The van der Waals surface area contributed by atoms with E-state index < -0.39 is 11.9 Å². The van der Waals surface area contributed by atoms with Gasteiger partial charge in [-0.1, -0.05) is 63.6 Å². The normalized spacial score (nSPS) is 12.0. The molecule has 0 saturated heterocycles. The molecule has 1 N–H and O–H groups in total. The second kappa shape index (κ2) is 11.8. The summed E-state index contributed by atoms with van der Waals surface area (Å²) in [5.74, 6) is -1.18. The van der Waals surface area contributed by atoms with Crippen molar-refractivity contribution in [3.05, 3.63) is 54.1 Å². The van der Waals surface area contributed by atoms with Gasteiger partial charge in [-0.15, -0.1) is 0 Å². The Morgan fingerprint density at radius 1 is 0.964 bits per heavy atom. The Hall–Kier alpha value is -1.94. The largest absolute Gasteiger partial charge is 0.481 e. The third-order valence-electron chi connectivity index (χ3n) is 4.97. The molecular formula is C24H33NO2S. The third-order valence-corrected chi connectivity index (χ3v) is 5.97. The first-order valence-electron chi connectivity index (χ1n) is 10.4. The maximum absolute atomic E-state index is 11.3. The van der Waals surface area contributed by atoms with Gasteiger partial charge in [0.1, 0.15) is 0 Å². The maximum atomic E-state index is 11.3. The van der Waals surface area contributed by atoms with Crippen LogP contribution in [0.25, 0.3) is 0 Å². The fraction of sp³-hybridized carbons (Fsp3) is 0.458. The second-order valence-corrected chi connectivity index (χ2v) is 8.31. The topological polar surface area (TPSA) is 40.5 Å². The summed E-state index contributed by atoms with van der Waals surface area (Å²) < 4.78 is 0. The predicted molar refractivity (Wildman–Crippen MR) is 120 cm³/mol. The number of rotatable bonds is 12. The van der Waals surface area contributed by atoms with Crippen LogP contribution in [0.1, 0.15) is 64.4 Å². The van der Waals surface area contributed by atoms with Crippen molar-refractivity contribution in [3.63, 3.8) is 0 Å². The first-order valence-corrected chi connectivity index (χ1v) is 11.3. The molecule has 152 valence electrons. The third kappa shape index (κ3) is 6.59. The molecule has 0 aromatic heterocycles. The number of carbonyl (C=O) groups is 1. The van der Waals surface area contributed by atoms with E-state index in [0.29, 0.717) is 6.42 Å². The Labute approximate surface area is 174 Å². The minimum atomic E-state index is -0.755. The number of nitrogens with zero attached hydrogens (tertiary/aromatic N) is 1. The monoisotopic (exact) mass is 399 g/mol. The van der Waals surface area contributed by atoms with Crippen LogP contribution in [0, 0.1) is 0 Å². The van der Waals surface area contributed by atoms with Gasteiger partial charge in [-0.2, -0.15) is 0 Å². The SMILES string of the molecule is CCCCN(CCCC)c1cccc(Sc2ccc(C(CC)C(=O)O)cc2)c1.